The van der Waals surface area contributed by atoms with Gasteiger partial charge in [-0.25, -0.2) is 18.6 Å². The maximum atomic E-state index is 14.7. The third-order valence-electron chi connectivity index (χ3n) is 4.98. The number of nitrogens with two attached hydrogens (primary N) is 1. The molecule has 2 heterocycles. The molecule has 0 unspecified atom stereocenters. The highest BCUT2D eigenvalue weighted by Gasteiger charge is 2.57. The van der Waals surface area contributed by atoms with Gasteiger partial charge in [-0.05, 0) is 36.5 Å². The summed E-state index contributed by atoms with van der Waals surface area (Å²) in [7, 11) is 0. The Hall–Kier alpha value is -3.12. The first-order chi connectivity index (χ1) is 14.1. The van der Waals surface area contributed by atoms with Gasteiger partial charge in [0.05, 0.1) is 12.2 Å². The largest absolute Gasteiger partial charge is 0.418 e. The number of nitrogen functional groups attached to an aromatic ring is 1. The third kappa shape index (κ3) is 3.48. The van der Waals surface area contributed by atoms with E-state index >= 15 is 0 Å². The Morgan fingerprint density at radius 2 is 2.17 bits per heavy atom. The number of carbonyl (C=O) groups excluding carboxylic acids is 1. The molecule has 0 spiro atoms. The molecule has 1 aromatic carbocycles. The molecule has 1 aliphatic carbocycles. The summed E-state index contributed by atoms with van der Waals surface area (Å²) in [6.45, 7) is 0.649. The number of anilines is 2. The fraction of sp³-hybridized carbons (Fsp3) is 0.350. The minimum Gasteiger partial charge on any atom is -0.418 e. The molecule has 4 rings (SSSR count). The quantitative estimate of drug-likeness (QED) is 0.722. The molecule has 0 radical (unpaired) electrons. The van der Waals surface area contributed by atoms with Gasteiger partial charge in [-0.3, -0.25) is 10.1 Å². The van der Waals surface area contributed by atoms with Crippen LogP contribution in [0.15, 0.2) is 29.3 Å². The number of halogens is 3. The van der Waals surface area contributed by atoms with Crippen molar-refractivity contribution in [1.82, 2.24) is 9.55 Å². The zero-order valence-electron chi connectivity index (χ0n) is 15.8. The molecule has 7 nitrogen and oxygen atoms in total. The van der Waals surface area contributed by atoms with Crippen molar-refractivity contribution in [2.45, 2.75) is 37.8 Å². The van der Waals surface area contributed by atoms with Crippen LogP contribution in [0.3, 0.4) is 0 Å². The van der Waals surface area contributed by atoms with Crippen molar-refractivity contribution in [1.29, 1.82) is 0 Å². The molecule has 1 aromatic heterocycles. The van der Waals surface area contributed by atoms with Crippen molar-refractivity contribution in [2.24, 2.45) is 5.92 Å². The van der Waals surface area contributed by atoms with Gasteiger partial charge in [0.2, 0.25) is 0 Å². The van der Waals surface area contributed by atoms with Crippen LogP contribution in [0.2, 0.25) is 5.02 Å². The molecule has 1 fully saturated rings. The molecule has 10 heteroatoms. The Balaban J connectivity index is 1.84. The van der Waals surface area contributed by atoms with Crippen molar-refractivity contribution in [3.8, 4) is 11.8 Å². The van der Waals surface area contributed by atoms with Gasteiger partial charge < -0.3 is 15.0 Å². The van der Waals surface area contributed by atoms with E-state index in [2.05, 4.69) is 22.1 Å². The van der Waals surface area contributed by atoms with Crippen LogP contribution < -0.4 is 16.6 Å². The van der Waals surface area contributed by atoms with E-state index in [1.54, 1.807) is 0 Å². The number of amides is 1. The smallest absolute Gasteiger partial charge is 0.413 e. The van der Waals surface area contributed by atoms with Crippen molar-refractivity contribution >= 4 is 29.2 Å². The van der Waals surface area contributed by atoms with E-state index < -0.39 is 23.2 Å². The number of nitrogens with zero attached hydrogens (tertiary/aromatic N) is 2. The molecule has 3 N–H and O–H groups in total. The van der Waals surface area contributed by atoms with Crippen LogP contribution >= 0.6 is 11.6 Å². The maximum Gasteiger partial charge on any atom is 0.413 e. The summed E-state index contributed by atoms with van der Waals surface area (Å²) in [5, 5.41) is 2.53. The second kappa shape index (κ2) is 6.99. The topological polar surface area (TPSA) is 99.2 Å². The number of fused-ring (bicyclic) bond motifs is 1. The lowest BCUT2D eigenvalue weighted by Gasteiger charge is -2.38. The number of alkyl halides is 2. The van der Waals surface area contributed by atoms with Crippen molar-refractivity contribution in [3.05, 3.63) is 51.0 Å². The molecule has 30 heavy (non-hydrogen) atoms. The summed E-state index contributed by atoms with van der Waals surface area (Å²) in [5.74, 6) is 1.62. The van der Waals surface area contributed by atoms with E-state index in [0.29, 0.717) is 12.5 Å². The Morgan fingerprint density at radius 3 is 2.83 bits per heavy atom. The monoisotopic (exact) mass is 434 g/mol. The molecule has 0 saturated heterocycles. The van der Waals surface area contributed by atoms with E-state index in [1.807, 2.05) is 0 Å². The normalized spacial score (nSPS) is 20.5. The third-order valence-corrected chi connectivity index (χ3v) is 5.33. The summed E-state index contributed by atoms with van der Waals surface area (Å²) in [6.07, 6.45) is 3.37. The summed E-state index contributed by atoms with van der Waals surface area (Å²) < 4.78 is 35.8. The van der Waals surface area contributed by atoms with Crippen LogP contribution in [0.1, 0.15) is 30.9 Å². The van der Waals surface area contributed by atoms with Gasteiger partial charge >= 0.3 is 6.09 Å². The first-order valence-electron chi connectivity index (χ1n) is 9.15. The highest BCUT2D eigenvalue weighted by atomic mass is 35.5. The minimum atomic E-state index is -3.50. The summed E-state index contributed by atoms with van der Waals surface area (Å²) >= 11 is 6.37. The fourth-order valence-electron chi connectivity index (χ4n) is 3.20. The first kappa shape index (κ1) is 20.2. The lowest BCUT2D eigenvalue weighted by molar-refractivity contribution is -0.142. The molecular weight excluding hydrogens is 418 g/mol. The van der Waals surface area contributed by atoms with Crippen LogP contribution in [0, 0.1) is 17.8 Å². The summed E-state index contributed by atoms with van der Waals surface area (Å²) in [5.41, 5.74) is 3.01. The number of carbonyl (C=O) groups is 1. The zero-order chi connectivity index (χ0) is 21.7. The average molecular weight is 435 g/mol. The maximum absolute atomic E-state index is 14.7. The Bertz CT molecular complexity index is 1160. The van der Waals surface area contributed by atoms with E-state index in [-0.39, 0.29) is 34.6 Å². The number of aromatic nitrogens is 2. The van der Waals surface area contributed by atoms with Crippen LogP contribution in [-0.4, -0.2) is 21.6 Å². The van der Waals surface area contributed by atoms with Gasteiger partial charge in [-0.2, -0.15) is 0 Å². The number of benzene rings is 1. The molecule has 1 amide bonds. The summed E-state index contributed by atoms with van der Waals surface area (Å²) in [6, 6.07) is 2.72. The van der Waals surface area contributed by atoms with E-state index in [0.717, 1.165) is 12.8 Å². The van der Waals surface area contributed by atoms with Crippen molar-refractivity contribution < 1.29 is 18.3 Å². The van der Waals surface area contributed by atoms with Gasteiger partial charge in [0.1, 0.15) is 0 Å². The first-order valence-corrected chi connectivity index (χ1v) is 9.53. The Labute approximate surface area is 175 Å². The van der Waals surface area contributed by atoms with Crippen LogP contribution in [0.4, 0.5) is 25.1 Å². The number of cyclic esters (lactones) is 1. The lowest BCUT2D eigenvalue weighted by Crippen LogP contribution is -2.50. The molecule has 2 aliphatic rings. The van der Waals surface area contributed by atoms with Crippen LogP contribution in [0.25, 0.3) is 0 Å². The molecular formula is C20H17ClF2N4O3. The molecule has 1 saturated carbocycles. The highest BCUT2D eigenvalue weighted by Crippen LogP contribution is 2.48. The predicted octanol–water partition coefficient (Wildman–Crippen LogP) is 3.35. The zero-order valence-corrected chi connectivity index (χ0v) is 16.6. The second-order valence-corrected chi connectivity index (χ2v) is 7.77. The van der Waals surface area contributed by atoms with E-state index in [9.17, 15) is 18.4 Å². The van der Waals surface area contributed by atoms with Crippen LogP contribution in [0.5, 0.6) is 0 Å². The van der Waals surface area contributed by atoms with Crippen molar-refractivity contribution in [2.75, 3.05) is 11.1 Å². The summed E-state index contributed by atoms with van der Waals surface area (Å²) in [4.78, 5) is 28.0. The van der Waals surface area contributed by atoms with Gasteiger partial charge in [-0.15, -0.1) is 0 Å². The van der Waals surface area contributed by atoms with Gasteiger partial charge in [0.25, 0.3) is 17.1 Å². The number of nitrogens with one attached hydrogen (secondary N) is 1. The number of rotatable bonds is 3. The number of ether oxygens (including phenoxy) is 1. The SMILES string of the molecule is CC(F)(F)[C@@]1(C#CC2CC2)OC(=O)Nc2cc(Cn3ccnc(N)c3=O)c(Cl)cc21. The molecule has 0 bridgehead atoms. The Morgan fingerprint density at radius 1 is 1.43 bits per heavy atom. The molecule has 156 valence electrons. The molecule has 1 atom stereocenters. The predicted molar refractivity (Wildman–Crippen MR) is 106 cm³/mol. The molecule has 1 aliphatic heterocycles. The highest BCUT2D eigenvalue weighted by molar-refractivity contribution is 6.31. The van der Waals surface area contributed by atoms with E-state index in [4.69, 9.17) is 22.1 Å². The van der Waals surface area contributed by atoms with Gasteiger partial charge in [0, 0.05) is 35.8 Å². The minimum absolute atomic E-state index is 0.00232. The van der Waals surface area contributed by atoms with Gasteiger partial charge in [-0.1, -0.05) is 17.5 Å². The standard InChI is InChI=1S/C20H17ClF2N4O3/c1-19(22,23)20(5-4-11-2-3-11)13-9-14(21)12(8-15(13)26-18(29)30-20)10-27-7-6-25-16(24)17(27)28/h6-9,11H,2-3,10H2,1H3,(H2,24,25)(H,26,29)/t20-/m0/s1. The molecule has 2 aromatic rings. The Kier molecular flexibility index (Phi) is 4.70. The van der Waals surface area contributed by atoms with Gasteiger partial charge in [0.15, 0.2) is 5.82 Å². The number of hydrogen-bond acceptors (Lipinski definition) is 5. The number of hydrogen-bond donors (Lipinski definition) is 2. The van der Waals surface area contributed by atoms with Crippen LogP contribution in [-0.2, 0) is 16.9 Å². The second-order valence-electron chi connectivity index (χ2n) is 7.36. The van der Waals surface area contributed by atoms with Crippen molar-refractivity contribution in [3.63, 3.8) is 0 Å². The average Bonchev–Trinajstić information content (AvgIpc) is 3.48. The lowest BCUT2D eigenvalue weighted by atomic mass is 9.85. The van der Waals surface area contributed by atoms with E-state index in [1.165, 1.54) is 29.1 Å². The fourth-order valence-corrected chi connectivity index (χ4v) is 3.42.